The van der Waals surface area contributed by atoms with Crippen molar-refractivity contribution in [2.24, 2.45) is 5.92 Å². The number of amides is 2. The van der Waals surface area contributed by atoms with E-state index in [0.29, 0.717) is 34.1 Å². The van der Waals surface area contributed by atoms with Crippen molar-refractivity contribution in [2.75, 3.05) is 23.7 Å². The number of nitrogens with one attached hydrogen (secondary N) is 1. The SMILES string of the molecule is CC(C)CNC(=O)[C@@H](Cc1ccccc1)N(Cc1ccc(Cl)c(Cl)c1)C(=O)CN(c1cc(C(F)(F)F)ccc1Cl)S(C)(=O)=O. The van der Waals surface area contributed by atoms with E-state index in [-0.39, 0.29) is 34.0 Å². The van der Waals surface area contributed by atoms with Gasteiger partial charge in [0.25, 0.3) is 0 Å². The first-order valence-electron chi connectivity index (χ1n) is 13.4. The van der Waals surface area contributed by atoms with Crippen LogP contribution < -0.4 is 9.62 Å². The van der Waals surface area contributed by atoms with Gasteiger partial charge < -0.3 is 10.2 Å². The summed E-state index contributed by atoms with van der Waals surface area (Å²) in [6.07, 6.45) is -4.00. The number of hydrogen-bond acceptors (Lipinski definition) is 4. The van der Waals surface area contributed by atoms with E-state index in [4.69, 9.17) is 34.8 Å². The van der Waals surface area contributed by atoms with Crippen LogP contribution in [0.2, 0.25) is 15.1 Å². The Balaban J connectivity index is 2.13. The first-order chi connectivity index (χ1) is 20.5. The summed E-state index contributed by atoms with van der Waals surface area (Å²) in [6, 6.07) is 14.5. The third kappa shape index (κ3) is 9.76. The van der Waals surface area contributed by atoms with Crippen LogP contribution in [0.25, 0.3) is 0 Å². The molecule has 14 heteroatoms. The molecule has 0 fully saturated rings. The molecule has 0 unspecified atom stereocenters. The van der Waals surface area contributed by atoms with Crippen molar-refractivity contribution in [1.82, 2.24) is 10.2 Å². The van der Waals surface area contributed by atoms with E-state index < -0.39 is 51.9 Å². The highest BCUT2D eigenvalue weighted by molar-refractivity contribution is 7.92. The molecule has 1 N–H and O–H groups in total. The average molecular weight is 693 g/mol. The van der Waals surface area contributed by atoms with E-state index in [1.807, 2.05) is 13.8 Å². The van der Waals surface area contributed by atoms with Gasteiger partial charge in [-0.25, -0.2) is 8.42 Å². The van der Waals surface area contributed by atoms with E-state index in [1.165, 1.54) is 17.0 Å². The Labute approximate surface area is 269 Å². The Bertz CT molecular complexity index is 1590. The zero-order valence-electron chi connectivity index (χ0n) is 24.0. The monoisotopic (exact) mass is 691 g/mol. The molecule has 0 aliphatic rings. The molecule has 0 radical (unpaired) electrons. The van der Waals surface area contributed by atoms with E-state index in [2.05, 4.69) is 5.32 Å². The van der Waals surface area contributed by atoms with Crippen LogP contribution in [0.1, 0.15) is 30.5 Å². The standard InChI is InChI=1S/C30H31Cl3F3N3O4S/c1-19(2)16-37-29(41)27(14-20-7-5-4-6-8-20)38(17-21-9-11-23(31)25(33)13-21)28(40)18-39(44(3,42)43)26-15-22(30(34,35)36)10-12-24(26)32/h4-13,15,19,27H,14,16-18H2,1-3H3,(H,37,41)/t27-/m1/s1. The summed E-state index contributed by atoms with van der Waals surface area (Å²) >= 11 is 18.5. The minimum Gasteiger partial charge on any atom is -0.354 e. The van der Waals surface area contributed by atoms with E-state index in [9.17, 15) is 31.2 Å². The molecule has 0 bridgehead atoms. The number of hydrogen-bond donors (Lipinski definition) is 1. The van der Waals surface area contributed by atoms with Gasteiger partial charge in [-0.3, -0.25) is 13.9 Å². The second-order valence-electron chi connectivity index (χ2n) is 10.5. The Kier molecular flexibility index (Phi) is 12.0. The van der Waals surface area contributed by atoms with Crippen molar-refractivity contribution >= 4 is 62.3 Å². The number of anilines is 1. The lowest BCUT2D eigenvalue weighted by Gasteiger charge is -2.34. The number of sulfonamides is 1. The Morgan fingerprint density at radius 2 is 1.52 bits per heavy atom. The number of carbonyl (C=O) groups excluding carboxylic acids is 2. The summed E-state index contributed by atoms with van der Waals surface area (Å²) in [7, 11) is -4.35. The second kappa shape index (κ2) is 14.9. The molecule has 0 aliphatic carbocycles. The molecule has 2 amide bonds. The van der Waals surface area contributed by atoms with Crippen LogP contribution in [0.15, 0.2) is 66.7 Å². The molecular formula is C30H31Cl3F3N3O4S. The van der Waals surface area contributed by atoms with Crippen LogP contribution in [0.5, 0.6) is 0 Å². The van der Waals surface area contributed by atoms with Crippen molar-refractivity contribution in [2.45, 2.75) is 39.0 Å². The van der Waals surface area contributed by atoms with Crippen LogP contribution in [-0.2, 0) is 38.8 Å². The third-order valence-corrected chi connectivity index (χ3v) is 8.70. The molecule has 3 aromatic rings. The van der Waals surface area contributed by atoms with Crippen molar-refractivity contribution in [1.29, 1.82) is 0 Å². The lowest BCUT2D eigenvalue weighted by Crippen LogP contribution is -2.53. The summed E-state index contributed by atoms with van der Waals surface area (Å²) < 4.78 is 66.9. The topological polar surface area (TPSA) is 86.8 Å². The molecule has 0 saturated heterocycles. The molecule has 7 nitrogen and oxygen atoms in total. The summed E-state index contributed by atoms with van der Waals surface area (Å²) in [5.74, 6) is -1.28. The van der Waals surface area contributed by atoms with Gasteiger partial charge >= 0.3 is 6.18 Å². The number of alkyl halides is 3. The number of rotatable bonds is 12. The van der Waals surface area contributed by atoms with E-state index in [0.717, 1.165) is 12.3 Å². The second-order valence-corrected chi connectivity index (χ2v) is 13.7. The van der Waals surface area contributed by atoms with Gasteiger partial charge in [0, 0.05) is 19.5 Å². The van der Waals surface area contributed by atoms with E-state index >= 15 is 0 Å². The first-order valence-corrected chi connectivity index (χ1v) is 16.3. The maximum atomic E-state index is 14.1. The zero-order valence-corrected chi connectivity index (χ0v) is 27.1. The van der Waals surface area contributed by atoms with Gasteiger partial charge in [0.15, 0.2) is 0 Å². The van der Waals surface area contributed by atoms with Crippen molar-refractivity contribution in [3.8, 4) is 0 Å². The van der Waals surface area contributed by atoms with Crippen molar-refractivity contribution in [3.63, 3.8) is 0 Å². The van der Waals surface area contributed by atoms with Crippen LogP contribution >= 0.6 is 34.8 Å². The van der Waals surface area contributed by atoms with E-state index in [1.54, 1.807) is 36.4 Å². The van der Waals surface area contributed by atoms with Gasteiger partial charge in [-0.05, 0) is 47.4 Å². The predicted octanol–water partition coefficient (Wildman–Crippen LogP) is 6.84. The van der Waals surface area contributed by atoms with Crippen LogP contribution in [-0.4, -0.2) is 50.5 Å². The van der Waals surface area contributed by atoms with Crippen molar-refractivity contribution < 1.29 is 31.2 Å². The fourth-order valence-electron chi connectivity index (χ4n) is 4.29. The minimum absolute atomic E-state index is 0.0566. The normalized spacial score (nSPS) is 12.6. The summed E-state index contributed by atoms with van der Waals surface area (Å²) in [5, 5.41) is 2.96. The molecule has 3 rings (SSSR count). The molecule has 0 heterocycles. The third-order valence-electron chi connectivity index (χ3n) is 6.51. The molecule has 238 valence electrons. The zero-order chi connectivity index (χ0) is 32.8. The summed E-state index contributed by atoms with van der Waals surface area (Å²) in [4.78, 5) is 28.9. The Hall–Kier alpha value is -2.99. The fraction of sp³-hybridized carbons (Fsp3) is 0.333. The van der Waals surface area contributed by atoms with Gasteiger partial charge in [0.1, 0.15) is 12.6 Å². The molecule has 0 saturated carbocycles. The summed E-state index contributed by atoms with van der Waals surface area (Å²) in [5.41, 5.74) is -0.494. The van der Waals surface area contributed by atoms with Gasteiger partial charge in [0.05, 0.1) is 32.6 Å². The largest absolute Gasteiger partial charge is 0.416 e. The first kappa shape index (κ1) is 35.5. The number of benzene rings is 3. The van der Waals surface area contributed by atoms with Gasteiger partial charge in [-0.15, -0.1) is 0 Å². The maximum absolute atomic E-state index is 14.1. The van der Waals surface area contributed by atoms with Gasteiger partial charge in [-0.2, -0.15) is 13.2 Å². The molecule has 3 aromatic carbocycles. The molecule has 0 spiro atoms. The molecule has 0 aromatic heterocycles. The quantitative estimate of drug-likeness (QED) is 0.225. The number of nitrogens with zero attached hydrogens (tertiary/aromatic N) is 2. The van der Waals surface area contributed by atoms with Gasteiger partial charge in [0.2, 0.25) is 21.8 Å². The number of carbonyl (C=O) groups is 2. The smallest absolute Gasteiger partial charge is 0.354 e. The van der Waals surface area contributed by atoms with Gasteiger partial charge in [-0.1, -0.05) is 85.0 Å². The molecule has 1 atom stereocenters. The number of halogens is 6. The average Bonchev–Trinajstić information content (AvgIpc) is 2.93. The molecule has 44 heavy (non-hydrogen) atoms. The Morgan fingerprint density at radius 3 is 2.09 bits per heavy atom. The fourth-order valence-corrected chi connectivity index (χ4v) is 5.73. The summed E-state index contributed by atoms with van der Waals surface area (Å²) in [6.45, 7) is 2.95. The van der Waals surface area contributed by atoms with Crippen molar-refractivity contribution in [3.05, 3.63) is 98.5 Å². The van der Waals surface area contributed by atoms with Crippen LogP contribution in [0.3, 0.4) is 0 Å². The molecule has 0 aliphatic heterocycles. The van der Waals surface area contributed by atoms with Crippen LogP contribution in [0, 0.1) is 5.92 Å². The highest BCUT2D eigenvalue weighted by atomic mass is 35.5. The lowest BCUT2D eigenvalue weighted by atomic mass is 10.0. The molecular weight excluding hydrogens is 662 g/mol. The highest BCUT2D eigenvalue weighted by Crippen LogP contribution is 2.36. The Morgan fingerprint density at radius 1 is 0.886 bits per heavy atom. The highest BCUT2D eigenvalue weighted by Gasteiger charge is 2.36. The van der Waals surface area contributed by atoms with Crippen LogP contribution in [0.4, 0.5) is 18.9 Å². The predicted molar refractivity (Wildman–Crippen MR) is 167 cm³/mol. The maximum Gasteiger partial charge on any atom is 0.416 e. The lowest BCUT2D eigenvalue weighted by molar-refractivity contribution is -0.140. The minimum atomic E-state index is -4.80.